The number of hydrogen-bond acceptors (Lipinski definition) is 6. The number of carbonyl (C=O) groups is 2. The van der Waals surface area contributed by atoms with E-state index in [4.69, 9.17) is 14.2 Å². The second kappa shape index (κ2) is 14.9. The first-order valence-electron chi connectivity index (χ1n) is 14.5. The Morgan fingerprint density at radius 1 is 1.08 bits per heavy atom. The molecule has 0 saturated carbocycles. The van der Waals surface area contributed by atoms with Crippen molar-refractivity contribution in [2.45, 2.75) is 129 Å². The highest BCUT2D eigenvalue weighted by Crippen LogP contribution is 2.35. The largest absolute Gasteiger partial charge is 0.460 e. The van der Waals surface area contributed by atoms with Crippen molar-refractivity contribution >= 4 is 11.8 Å². The average molecular weight is 529 g/mol. The maximum Gasteiger partial charge on any atom is 0.314 e. The van der Waals surface area contributed by atoms with Crippen molar-refractivity contribution in [1.29, 1.82) is 0 Å². The molecule has 2 heterocycles. The third-order valence-corrected chi connectivity index (χ3v) is 8.25. The van der Waals surface area contributed by atoms with Crippen LogP contribution in [0.3, 0.4) is 0 Å². The van der Waals surface area contributed by atoms with E-state index in [9.17, 15) is 14.7 Å². The molecule has 0 unspecified atom stereocenters. The minimum absolute atomic E-state index is 0.0134. The van der Waals surface area contributed by atoms with E-state index in [2.05, 4.69) is 6.58 Å². The van der Waals surface area contributed by atoms with Crippen LogP contribution in [0.25, 0.3) is 0 Å². The highest BCUT2D eigenvalue weighted by molar-refractivity contribution is 5.79. The van der Waals surface area contributed by atoms with Crippen LogP contribution in [-0.2, 0) is 30.4 Å². The minimum atomic E-state index is -0.809. The summed E-state index contributed by atoms with van der Waals surface area (Å²) in [5, 5.41) is 10.7. The quantitative estimate of drug-likeness (QED) is 0.224. The number of benzene rings is 1. The van der Waals surface area contributed by atoms with E-state index in [1.165, 1.54) is 6.42 Å². The number of hydrogen-bond donors (Lipinski definition) is 1. The second-order valence-electron chi connectivity index (χ2n) is 11.9. The summed E-state index contributed by atoms with van der Waals surface area (Å²) in [5.41, 5.74) is 0.136. The molecule has 212 valence electrons. The zero-order chi connectivity index (χ0) is 27.5. The Labute approximate surface area is 229 Å². The SMILES string of the molecule is C=CC[C@H]1CCC[C@@H](CC[C@H](C)[C@H](O)CC(=O)C[C@@H]2CCC[C@H](C(C)(C)C(=O)OCc3ccccc3)O2)O1. The molecule has 1 N–H and O–H groups in total. The molecule has 0 spiro atoms. The van der Waals surface area contributed by atoms with E-state index in [-0.39, 0.29) is 61.5 Å². The highest BCUT2D eigenvalue weighted by atomic mass is 16.5. The predicted molar refractivity (Wildman–Crippen MR) is 149 cm³/mol. The molecule has 0 bridgehead atoms. The first-order valence-corrected chi connectivity index (χ1v) is 14.5. The highest BCUT2D eigenvalue weighted by Gasteiger charge is 2.42. The van der Waals surface area contributed by atoms with Gasteiger partial charge in [-0.3, -0.25) is 9.59 Å². The smallest absolute Gasteiger partial charge is 0.314 e. The van der Waals surface area contributed by atoms with E-state index in [0.717, 1.165) is 56.9 Å². The van der Waals surface area contributed by atoms with Gasteiger partial charge in [0, 0.05) is 12.8 Å². The Bertz CT molecular complexity index is 881. The standard InChI is InChI=1S/C32H48O6/c1-5-11-26-14-9-15-27(37-26)19-18-23(2)29(34)21-25(33)20-28-16-10-17-30(38-28)32(3,4)31(35)36-22-24-12-7-6-8-13-24/h5-8,12-13,23,26-30,34H,1,9-11,14-22H2,2-4H3/t23-,26-,27-,28-,29+,30+/m0/s1. The van der Waals surface area contributed by atoms with Gasteiger partial charge < -0.3 is 19.3 Å². The predicted octanol–water partition coefficient (Wildman–Crippen LogP) is 6.33. The molecule has 2 aliphatic heterocycles. The van der Waals surface area contributed by atoms with Gasteiger partial charge in [-0.2, -0.15) is 0 Å². The van der Waals surface area contributed by atoms with Gasteiger partial charge in [0.25, 0.3) is 0 Å². The first kappa shape index (κ1) is 30.5. The van der Waals surface area contributed by atoms with Gasteiger partial charge in [-0.25, -0.2) is 0 Å². The van der Waals surface area contributed by atoms with Crippen LogP contribution in [0.15, 0.2) is 43.0 Å². The minimum Gasteiger partial charge on any atom is -0.460 e. The number of esters is 1. The maximum absolute atomic E-state index is 12.9. The summed E-state index contributed by atoms with van der Waals surface area (Å²) in [4.78, 5) is 25.7. The maximum atomic E-state index is 12.9. The summed E-state index contributed by atoms with van der Waals surface area (Å²) in [5.74, 6) is -0.250. The van der Waals surface area contributed by atoms with Crippen molar-refractivity contribution < 1.29 is 28.9 Å². The zero-order valence-electron chi connectivity index (χ0n) is 23.6. The lowest BCUT2D eigenvalue weighted by molar-refractivity contribution is -0.173. The molecule has 6 heteroatoms. The van der Waals surface area contributed by atoms with Crippen molar-refractivity contribution in [3.8, 4) is 0 Å². The Kier molecular flexibility index (Phi) is 12.0. The second-order valence-corrected chi connectivity index (χ2v) is 11.9. The van der Waals surface area contributed by atoms with Crippen LogP contribution < -0.4 is 0 Å². The normalized spacial score (nSPS) is 25.8. The monoisotopic (exact) mass is 528 g/mol. The van der Waals surface area contributed by atoms with E-state index in [1.807, 2.05) is 57.2 Å². The van der Waals surface area contributed by atoms with Crippen molar-refractivity contribution in [1.82, 2.24) is 0 Å². The number of carbonyl (C=O) groups excluding carboxylic acids is 2. The zero-order valence-corrected chi connectivity index (χ0v) is 23.6. The van der Waals surface area contributed by atoms with Crippen molar-refractivity contribution in [2.75, 3.05) is 0 Å². The van der Waals surface area contributed by atoms with Gasteiger partial charge in [0.15, 0.2) is 0 Å². The van der Waals surface area contributed by atoms with Gasteiger partial charge in [-0.1, -0.05) is 43.3 Å². The van der Waals surface area contributed by atoms with Crippen LogP contribution in [0.2, 0.25) is 0 Å². The molecular formula is C32H48O6. The molecule has 2 fully saturated rings. The summed E-state index contributed by atoms with van der Waals surface area (Å²) in [6.07, 6.45) is 10.0. The van der Waals surface area contributed by atoms with Crippen molar-refractivity contribution in [3.05, 3.63) is 48.6 Å². The number of ketones is 1. The fraction of sp³-hybridized carbons (Fsp3) is 0.688. The van der Waals surface area contributed by atoms with Crippen LogP contribution in [0.5, 0.6) is 0 Å². The lowest BCUT2D eigenvalue weighted by Crippen LogP contribution is -2.44. The Balaban J connectivity index is 1.40. The molecule has 0 amide bonds. The van der Waals surface area contributed by atoms with Crippen LogP contribution in [0.4, 0.5) is 0 Å². The fourth-order valence-corrected chi connectivity index (χ4v) is 5.59. The molecule has 6 atom stereocenters. The average Bonchev–Trinajstić information content (AvgIpc) is 2.91. The molecule has 38 heavy (non-hydrogen) atoms. The fourth-order valence-electron chi connectivity index (χ4n) is 5.59. The summed E-state index contributed by atoms with van der Waals surface area (Å²) >= 11 is 0. The van der Waals surface area contributed by atoms with E-state index >= 15 is 0 Å². The van der Waals surface area contributed by atoms with E-state index in [1.54, 1.807) is 0 Å². The Hall–Kier alpha value is -2.02. The first-order chi connectivity index (χ1) is 18.2. The molecule has 0 aliphatic carbocycles. The Morgan fingerprint density at radius 2 is 1.76 bits per heavy atom. The molecule has 1 aromatic rings. The molecule has 0 radical (unpaired) electrons. The molecule has 2 aliphatic rings. The third-order valence-electron chi connectivity index (χ3n) is 8.25. The van der Waals surface area contributed by atoms with E-state index < -0.39 is 11.5 Å². The van der Waals surface area contributed by atoms with Crippen molar-refractivity contribution in [3.63, 3.8) is 0 Å². The lowest BCUT2D eigenvalue weighted by atomic mass is 9.81. The summed E-state index contributed by atoms with van der Waals surface area (Å²) < 4.78 is 18.0. The molecule has 1 aromatic carbocycles. The van der Waals surface area contributed by atoms with Crippen LogP contribution in [0, 0.1) is 11.3 Å². The van der Waals surface area contributed by atoms with Gasteiger partial charge in [-0.15, -0.1) is 6.58 Å². The third kappa shape index (κ3) is 9.32. The van der Waals surface area contributed by atoms with Gasteiger partial charge in [-0.05, 0) is 83.1 Å². The molecular weight excluding hydrogens is 480 g/mol. The summed E-state index contributed by atoms with van der Waals surface area (Å²) in [7, 11) is 0. The number of rotatable bonds is 14. The number of Topliss-reactive ketones (excluding diaryl/α,β-unsaturated/α-hetero) is 1. The van der Waals surface area contributed by atoms with Gasteiger partial charge >= 0.3 is 5.97 Å². The van der Waals surface area contributed by atoms with Gasteiger partial charge in [0.1, 0.15) is 12.4 Å². The van der Waals surface area contributed by atoms with Gasteiger partial charge in [0.2, 0.25) is 0 Å². The Morgan fingerprint density at radius 3 is 2.50 bits per heavy atom. The van der Waals surface area contributed by atoms with Gasteiger partial charge in [0.05, 0.1) is 35.9 Å². The molecule has 6 nitrogen and oxygen atoms in total. The summed E-state index contributed by atoms with van der Waals surface area (Å²) in [6.45, 7) is 9.77. The van der Waals surface area contributed by atoms with E-state index in [0.29, 0.717) is 0 Å². The van der Waals surface area contributed by atoms with Crippen molar-refractivity contribution in [2.24, 2.45) is 11.3 Å². The summed E-state index contributed by atoms with van der Waals surface area (Å²) in [6, 6.07) is 9.62. The molecule has 3 rings (SSSR count). The van der Waals surface area contributed by atoms with Crippen LogP contribution in [0.1, 0.15) is 97.0 Å². The lowest BCUT2D eigenvalue weighted by Gasteiger charge is -2.38. The number of ether oxygens (including phenoxy) is 3. The topological polar surface area (TPSA) is 82.1 Å². The molecule has 2 saturated heterocycles. The number of aliphatic hydroxyl groups excluding tert-OH is 1. The number of aliphatic hydroxyl groups is 1. The molecule has 0 aromatic heterocycles. The van der Waals surface area contributed by atoms with Crippen LogP contribution >= 0.6 is 0 Å². The van der Waals surface area contributed by atoms with Crippen LogP contribution in [-0.4, -0.2) is 47.4 Å².